The molecule has 0 amide bonds. The van der Waals surface area contributed by atoms with E-state index in [4.69, 9.17) is 11.6 Å². The van der Waals surface area contributed by atoms with Crippen molar-refractivity contribution in [1.82, 2.24) is 5.32 Å². The second-order valence-electron chi connectivity index (χ2n) is 4.80. The fourth-order valence-corrected chi connectivity index (χ4v) is 2.65. The Morgan fingerprint density at radius 1 is 1.15 bits per heavy atom. The maximum Gasteiger partial charge on any atom is 0.124 e. The van der Waals surface area contributed by atoms with Crippen molar-refractivity contribution in [3.63, 3.8) is 0 Å². The first-order chi connectivity index (χ1) is 9.70. The van der Waals surface area contributed by atoms with E-state index in [1.807, 2.05) is 18.2 Å². The second kappa shape index (κ2) is 7.41. The van der Waals surface area contributed by atoms with Gasteiger partial charge in [-0.2, -0.15) is 0 Å². The lowest BCUT2D eigenvalue weighted by molar-refractivity contribution is 0.514. The third-order valence-electron chi connectivity index (χ3n) is 3.35. The van der Waals surface area contributed by atoms with Crippen LogP contribution >= 0.6 is 11.6 Å². The molecule has 0 saturated carbocycles. The average molecular weight is 292 g/mol. The molecular weight excluding hydrogens is 273 g/mol. The van der Waals surface area contributed by atoms with Crippen molar-refractivity contribution in [3.8, 4) is 0 Å². The lowest BCUT2D eigenvalue weighted by Crippen LogP contribution is -2.22. The molecule has 0 spiro atoms. The second-order valence-corrected chi connectivity index (χ2v) is 5.21. The highest BCUT2D eigenvalue weighted by Gasteiger charge is 2.14. The van der Waals surface area contributed by atoms with E-state index in [0.717, 1.165) is 24.9 Å². The highest BCUT2D eigenvalue weighted by molar-refractivity contribution is 6.31. The molecule has 0 aliphatic carbocycles. The molecule has 3 heteroatoms. The quantitative estimate of drug-likeness (QED) is 0.809. The van der Waals surface area contributed by atoms with E-state index >= 15 is 0 Å². The van der Waals surface area contributed by atoms with Crippen LogP contribution in [0.15, 0.2) is 48.5 Å². The first-order valence-corrected chi connectivity index (χ1v) is 7.30. The Bertz CT molecular complexity index is 542. The third kappa shape index (κ3) is 4.06. The van der Waals surface area contributed by atoms with Crippen molar-refractivity contribution in [2.75, 3.05) is 6.54 Å². The number of rotatable bonds is 6. The van der Waals surface area contributed by atoms with Crippen molar-refractivity contribution in [2.24, 2.45) is 0 Å². The van der Waals surface area contributed by atoms with Gasteiger partial charge in [0.05, 0.1) is 0 Å². The molecule has 20 heavy (non-hydrogen) atoms. The molecule has 0 aliphatic heterocycles. The Morgan fingerprint density at radius 3 is 2.55 bits per heavy atom. The molecule has 1 unspecified atom stereocenters. The highest BCUT2D eigenvalue weighted by Crippen LogP contribution is 2.27. The van der Waals surface area contributed by atoms with E-state index in [1.165, 1.54) is 17.7 Å². The number of halogens is 2. The van der Waals surface area contributed by atoms with Gasteiger partial charge < -0.3 is 5.32 Å². The minimum Gasteiger partial charge on any atom is -0.310 e. The van der Waals surface area contributed by atoms with Crippen LogP contribution in [0.3, 0.4) is 0 Å². The molecule has 106 valence electrons. The Labute approximate surface area is 124 Å². The third-order valence-corrected chi connectivity index (χ3v) is 3.68. The summed E-state index contributed by atoms with van der Waals surface area (Å²) < 4.78 is 13.1. The van der Waals surface area contributed by atoms with Gasteiger partial charge in [0.25, 0.3) is 0 Å². The predicted octanol–water partition coefficient (Wildman–Crippen LogP) is 4.76. The number of nitrogens with one attached hydrogen (secondary N) is 1. The van der Waals surface area contributed by atoms with Gasteiger partial charge in [0.1, 0.15) is 5.82 Å². The largest absolute Gasteiger partial charge is 0.310 e. The minimum absolute atomic E-state index is 0.147. The summed E-state index contributed by atoms with van der Waals surface area (Å²) >= 11 is 6.16. The van der Waals surface area contributed by atoms with Crippen LogP contribution in [0.4, 0.5) is 4.39 Å². The molecule has 0 radical (unpaired) electrons. The van der Waals surface area contributed by atoms with E-state index in [-0.39, 0.29) is 11.9 Å². The van der Waals surface area contributed by atoms with Gasteiger partial charge in [0.15, 0.2) is 0 Å². The summed E-state index contributed by atoms with van der Waals surface area (Å²) in [5, 5.41) is 3.91. The minimum atomic E-state index is -0.294. The van der Waals surface area contributed by atoms with E-state index in [0.29, 0.717) is 5.02 Å². The van der Waals surface area contributed by atoms with Crippen molar-refractivity contribution < 1.29 is 4.39 Å². The summed E-state index contributed by atoms with van der Waals surface area (Å²) in [5.74, 6) is -0.294. The number of hydrogen-bond acceptors (Lipinski definition) is 1. The van der Waals surface area contributed by atoms with Gasteiger partial charge in [-0.15, -0.1) is 0 Å². The molecule has 1 atom stereocenters. The molecule has 0 saturated heterocycles. The van der Waals surface area contributed by atoms with Gasteiger partial charge in [-0.3, -0.25) is 0 Å². The summed E-state index contributed by atoms with van der Waals surface area (Å²) in [6.07, 6.45) is 1.90. The maximum atomic E-state index is 13.1. The molecule has 1 nitrogen and oxygen atoms in total. The zero-order valence-corrected chi connectivity index (χ0v) is 12.3. The summed E-state index contributed by atoms with van der Waals surface area (Å²) in [5.41, 5.74) is 2.26. The molecule has 0 aromatic heterocycles. The summed E-state index contributed by atoms with van der Waals surface area (Å²) in [4.78, 5) is 0. The van der Waals surface area contributed by atoms with Crippen LogP contribution in [0.25, 0.3) is 0 Å². The molecule has 1 N–H and O–H groups in total. The van der Waals surface area contributed by atoms with Gasteiger partial charge in [-0.25, -0.2) is 4.39 Å². The van der Waals surface area contributed by atoms with Crippen LogP contribution in [0.1, 0.15) is 30.5 Å². The first kappa shape index (κ1) is 15.0. The molecule has 2 rings (SSSR count). The number of aryl methyl sites for hydroxylation is 1. The van der Waals surface area contributed by atoms with Crippen LogP contribution in [-0.2, 0) is 6.42 Å². The van der Waals surface area contributed by atoms with Crippen molar-refractivity contribution in [2.45, 2.75) is 25.8 Å². The maximum absolute atomic E-state index is 13.1. The molecular formula is C17H19ClFN. The molecule has 0 fully saturated rings. The molecule has 2 aromatic carbocycles. The van der Waals surface area contributed by atoms with E-state index in [9.17, 15) is 4.39 Å². The van der Waals surface area contributed by atoms with Gasteiger partial charge >= 0.3 is 0 Å². The lowest BCUT2D eigenvalue weighted by Gasteiger charge is -2.19. The molecule has 0 bridgehead atoms. The van der Waals surface area contributed by atoms with Crippen LogP contribution in [0.5, 0.6) is 0 Å². The van der Waals surface area contributed by atoms with Crippen LogP contribution < -0.4 is 5.32 Å². The summed E-state index contributed by atoms with van der Waals surface area (Å²) in [6.45, 7) is 2.92. The van der Waals surface area contributed by atoms with Gasteiger partial charge in [0, 0.05) is 11.1 Å². The zero-order valence-electron chi connectivity index (χ0n) is 11.6. The van der Waals surface area contributed by atoms with E-state index in [2.05, 4.69) is 24.4 Å². The Kier molecular flexibility index (Phi) is 5.57. The fraction of sp³-hybridized carbons (Fsp3) is 0.294. The van der Waals surface area contributed by atoms with E-state index < -0.39 is 0 Å². The molecule has 0 heterocycles. The van der Waals surface area contributed by atoms with E-state index in [1.54, 1.807) is 6.07 Å². The molecule has 0 aliphatic rings. The molecule has 2 aromatic rings. The van der Waals surface area contributed by atoms with Crippen molar-refractivity contribution in [3.05, 3.63) is 70.5 Å². The monoisotopic (exact) mass is 291 g/mol. The normalized spacial score (nSPS) is 12.3. The number of hydrogen-bond donors (Lipinski definition) is 1. The smallest absolute Gasteiger partial charge is 0.124 e. The van der Waals surface area contributed by atoms with Crippen molar-refractivity contribution in [1.29, 1.82) is 0 Å². The first-order valence-electron chi connectivity index (χ1n) is 6.93. The Morgan fingerprint density at radius 2 is 1.90 bits per heavy atom. The van der Waals surface area contributed by atoms with Crippen molar-refractivity contribution >= 4 is 11.6 Å². The predicted molar refractivity (Wildman–Crippen MR) is 82.6 cm³/mol. The lowest BCUT2D eigenvalue weighted by atomic mass is 9.99. The summed E-state index contributed by atoms with van der Waals surface area (Å²) in [6, 6.07) is 15.1. The number of benzene rings is 2. The van der Waals surface area contributed by atoms with Gasteiger partial charge in [-0.05, 0) is 42.6 Å². The highest BCUT2D eigenvalue weighted by atomic mass is 35.5. The standard InChI is InChI=1S/C17H19ClFN/c1-2-20-17(11-8-13-6-4-3-5-7-13)15-10-9-14(19)12-16(15)18/h3-7,9-10,12,17,20H,2,8,11H2,1H3. The van der Waals surface area contributed by atoms with Crippen LogP contribution in [0.2, 0.25) is 5.02 Å². The Hall–Kier alpha value is -1.38. The SMILES string of the molecule is CCNC(CCc1ccccc1)c1ccc(F)cc1Cl. The van der Waals surface area contributed by atoms with Gasteiger partial charge in [-0.1, -0.05) is 54.9 Å². The Balaban J connectivity index is 2.10. The zero-order chi connectivity index (χ0) is 14.4. The fourth-order valence-electron chi connectivity index (χ4n) is 2.35. The summed E-state index contributed by atoms with van der Waals surface area (Å²) in [7, 11) is 0. The average Bonchev–Trinajstić information content (AvgIpc) is 2.45. The van der Waals surface area contributed by atoms with Crippen LogP contribution in [0, 0.1) is 5.82 Å². The van der Waals surface area contributed by atoms with Crippen LogP contribution in [-0.4, -0.2) is 6.54 Å². The topological polar surface area (TPSA) is 12.0 Å². The van der Waals surface area contributed by atoms with Gasteiger partial charge in [0.2, 0.25) is 0 Å².